The van der Waals surface area contributed by atoms with Gasteiger partial charge in [-0.1, -0.05) is 11.6 Å². The molecule has 0 amide bonds. The Hall–Kier alpha value is -1.72. The Morgan fingerprint density at radius 3 is 2.32 bits per heavy atom. The number of sulfonamides is 1. The van der Waals surface area contributed by atoms with E-state index in [0.717, 1.165) is 6.07 Å². The van der Waals surface area contributed by atoms with Crippen molar-refractivity contribution in [1.29, 1.82) is 10.5 Å². The lowest BCUT2D eigenvalue weighted by Gasteiger charge is -2.13. The smallest absolute Gasteiger partial charge is 0.258 e. The van der Waals surface area contributed by atoms with E-state index in [9.17, 15) is 18.5 Å². The first-order valence-electron chi connectivity index (χ1n) is 4.52. The molecule has 1 aromatic heterocycles. The fraction of sp³-hybridized carbons (Fsp3) is 0.250. The molecule has 0 saturated heterocycles. The molecule has 0 N–H and O–H groups in total. The van der Waals surface area contributed by atoms with Gasteiger partial charge in [0.2, 0.25) is 0 Å². The minimum atomic E-state index is -4.14. The van der Waals surface area contributed by atoms with Crippen molar-refractivity contribution in [3.05, 3.63) is 20.5 Å². The molecule has 0 aliphatic heterocycles. The number of halogens is 1. The number of nitrogens with zero attached hydrogens (tertiary/aromatic N) is 4. The fourth-order valence-electron chi connectivity index (χ4n) is 1.10. The minimum absolute atomic E-state index is 0.280. The molecule has 0 aliphatic carbocycles. The number of hydrogen-bond donors (Lipinski definition) is 0. The maximum absolute atomic E-state index is 12.1. The average molecular weight is 321 g/mol. The van der Waals surface area contributed by atoms with Gasteiger partial charge in [0.25, 0.3) is 15.7 Å². The summed E-state index contributed by atoms with van der Waals surface area (Å²) in [5, 5.41) is 27.6. The Labute approximate surface area is 117 Å². The van der Waals surface area contributed by atoms with Crippen LogP contribution < -0.4 is 0 Å². The molecule has 1 rings (SSSR count). The van der Waals surface area contributed by atoms with E-state index in [2.05, 4.69) is 0 Å². The van der Waals surface area contributed by atoms with Crippen LogP contribution >= 0.6 is 22.9 Å². The van der Waals surface area contributed by atoms with E-state index >= 15 is 0 Å². The summed E-state index contributed by atoms with van der Waals surface area (Å²) in [6, 6.07) is 4.02. The SMILES string of the molecule is N#CCN(CC#N)S(=O)(=O)c1cc([N+](=O)[O-])c(Cl)s1. The highest BCUT2D eigenvalue weighted by molar-refractivity contribution is 7.91. The first-order chi connectivity index (χ1) is 8.84. The largest absolute Gasteiger partial charge is 0.300 e. The van der Waals surface area contributed by atoms with Crippen molar-refractivity contribution in [3.63, 3.8) is 0 Å². The van der Waals surface area contributed by atoms with Crippen LogP contribution in [0.1, 0.15) is 0 Å². The van der Waals surface area contributed by atoms with Crippen LogP contribution in [0.25, 0.3) is 0 Å². The van der Waals surface area contributed by atoms with Gasteiger partial charge in [-0.2, -0.15) is 14.8 Å². The van der Waals surface area contributed by atoms with Crippen LogP contribution in [-0.4, -0.2) is 30.7 Å². The highest BCUT2D eigenvalue weighted by Gasteiger charge is 2.30. The lowest BCUT2D eigenvalue weighted by atomic mass is 10.6. The van der Waals surface area contributed by atoms with Crippen LogP contribution in [-0.2, 0) is 10.0 Å². The average Bonchev–Trinajstić information content (AvgIpc) is 2.72. The van der Waals surface area contributed by atoms with Gasteiger partial charge in [-0.3, -0.25) is 10.1 Å². The zero-order chi connectivity index (χ0) is 14.6. The van der Waals surface area contributed by atoms with E-state index in [1.807, 2.05) is 0 Å². The van der Waals surface area contributed by atoms with E-state index in [-0.39, 0.29) is 8.55 Å². The van der Waals surface area contributed by atoms with Gasteiger partial charge in [0.1, 0.15) is 17.3 Å². The molecule has 1 aromatic rings. The van der Waals surface area contributed by atoms with Crippen molar-refractivity contribution in [2.75, 3.05) is 13.1 Å². The third-order valence-corrected chi connectivity index (χ3v) is 5.51. The van der Waals surface area contributed by atoms with Gasteiger partial charge in [-0.05, 0) is 0 Å². The normalized spacial score (nSPS) is 10.9. The van der Waals surface area contributed by atoms with Crippen LogP contribution in [0, 0.1) is 32.8 Å². The van der Waals surface area contributed by atoms with E-state index in [1.54, 1.807) is 12.1 Å². The summed E-state index contributed by atoms with van der Waals surface area (Å²) in [6.45, 7) is -1.06. The minimum Gasteiger partial charge on any atom is -0.258 e. The number of nitriles is 2. The summed E-state index contributed by atoms with van der Waals surface area (Å²) in [5.74, 6) is 0. The summed E-state index contributed by atoms with van der Waals surface area (Å²) in [4.78, 5) is 9.79. The monoisotopic (exact) mass is 320 g/mol. The molecule has 100 valence electrons. The third-order valence-electron chi connectivity index (χ3n) is 1.93. The number of nitro groups is 1. The number of rotatable bonds is 5. The molecule has 0 radical (unpaired) electrons. The summed E-state index contributed by atoms with van der Waals surface area (Å²) in [6.07, 6.45) is 0. The molecule has 8 nitrogen and oxygen atoms in total. The molecule has 0 fully saturated rings. The standard InChI is InChI=1S/C8H5ClN4O4S2/c9-8-6(13(14)15)5-7(18-8)19(16,17)12(3-1-10)4-2-11/h5H,3-4H2. The topological polar surface area (TPSA) is 128 Å². The summed E-state index contributed by atoms with van der Waals surface area (Å²) >= 11 is 6.07. The van der Waals surface area contributed by atoms with Gasteiger partial charge in [0.05, 0.1) is 17.1 Å². The zero-order valence-corrected chi connectivity index (χ0v) is 11.5. The number of thiophene rings is 1. The van der Waals surface area contributed by atoms with Crippen molar-refractivity contribution in [2.45, 2.75) is 4.21 Å². The Morgan fingerprint density at radius 1 is 1.42 bits per heavy atom. The van der Waals surface area contributed by atoms with Crippen molar-refractivity contribution in [3.8, 4) is 12.1 Å². The van der Waals surface area contributed by atoms with Crippen molar-refractivity contribution >= 4 is 38.6 Å². The van der Waals surface area contributed by atoms with Crippen molar-refractivity contribution in [2.24, 2.45) is 0 Å². The molecule has 0 unspecified atom stereocenters. The van der Waals surface area contributed by atoms with E-state index in [4.69, 9.17) is 22.1 Å². The van der Waals surface area contributed by atoms with Crippen LogP contribution in [0.4, 0.5) is 5.69 Å². The molecule has 0 aromatic carbocycles. The van der Waals surface area contributed by atoms with E-state index in [0.29, 0.717) is 15.6 Å². The van der Waals surface area contributed by atoms with Crippen LogP contribution in [0.3, 0.4) is 0 Å². The summed E-state index contributed by atoms with van der Waals surface area (Å²) < 4.78 is 24.1. The molecule has 11 heteroatoms. The van der Waals surface area contributed by atoms with Crippen LogP contribution in [0.15, 0.2) is 10.3 Å². The van der Waals surface area contributed by atoms with Crippen molar-refractivity contribution in [1.82, 2.24) is 4.31 Å². The zero-order valence-electron chi connectivity index (χ0n) is 9.11. The number of hydrogen-bond acceptors (Lipinski definition) is 7. The molecule has 0 atom stereocenters. The predicted octanol–water partition coefficient (Wildman–Crippen LogP) is 1.35. The molecule has 1 heterocycles. The van der Waals surface area contributed by atoms with E-state index in [1.165, 1.54) is 0 Å². The molecule has 19 heavy (non-hydrogen) atoms. The lowest BCUT2D eigenvalue weighted by molar-refractivity contribution is -0.384. The van der Waals surface area contributed by atoms with Gasteiger partial charge in [-0.25, -0.2) is 8.42 Å². The molecule has 0 spiro atoms. The van der Waals surface area contributed by atoms with Gasteiger partial charge < -0.3 is 0 Å². The van der Waals surface area contributed by atoms with Crippen LogP contribution in [0.5, 0.6) is 0 Å². The molecule has 0 bridgehead atoms. The first kappa shape index (κ1) is 15.3. The summed E-state index contributed by atoms with van der Waals surface area (Å²) in [7, 11) is -4.14. The predicted molar refractivity (Wildman–Crippen MR) is 66.0 cm³/mol. The molecule has 0 aliphatic rings. The Balaban J connectivity index is 3.27. The molecular formula is C8H5ClN4O4S2. The quantitative estimate of drug-likeness (QED) is 0.457. The molecule has 0 saturated carbocycles. The van der Waals surface area contributed by atoms with E-state index < -0.39 is 33.7 Å². The van der Waals surface area contributed by atoms with Gasteiger partial charge in [-0.15, -0.1) is 11.3 Å². The Morgan fingerprint density at radius 2 is 1.95 bits per heavy atom. The first-order valence-corrected chi connectivity index (χ1v) is 7.15. The second-order valence-electron chi connectivity index (χ2n) is 3.07. The maximum atomic E-state index is 12.1. The summed E-state index contributed by atoms with van der Waals surface area (Å²) in [5.41, 5.74) is -0.529. The lowest BCUT2D eigenvalue weighted by Crippen LogP contribution is -2.31. The highest BCUT2D eigenvalue weighted by Crippen LogP contribution is 2.37. The molecular weight excluding hydrogens is 316 g/mol. The van der Waals surface area contributed by atoms with Gasteiger partial charge in [0.15, 0.2) is 4.34 Å². The fourth-order valence-corrected chi connectivity index (χ4v) is 4.15. The van der Waals surface area contributed by atoms with Gasteiger partial charge in [0, 0.05) is 6.07 Å². The Kier molecular flexibility index (Phi) is 4.80. The third kappa shape index (κ3) is 3.19. The highest BCUT2D eigenvalue weighted by atomic mass is 35.5. The maximum Gasteiger partial charge on any atom is 0.300 e. The second-order valence-corrected chi connectivity index (χ2v) is 6.89. The van der Waals surface area contributed by atoms with Crippen molar-refractivity contribution < 1.29 is 13.3 Å². The van der Waals surface area contributed by atoms with Gasteiger partial charge >= 0.3 is 0 Å². The second kappa shape index (κ2) is 5.95. The van der Waals surface area contributed by atoms with Crippen LogP contribution in [0.2, 0.25) is 4.34 Å². The Bertz CT molecular complexity index is 669.